The smallest absolute Gasteiger partial charge is 0.267 e. The molecule has 2 rings (SSSR count). The fourth-order valence-corrected chi connectivity index (χ4v) is 1.65. The van der Waals surface area contributed by atoms with Crippen molar-refractivity contribution in [3.63, 3.8) is 0 Å². The molecule has 0 aliphatic carbocycles. The van der Waals surface area contributed by atoms with Crippen molar-refractivity contribution < 1.29 is 9.72 Å². The molecule has 0 radical (unpaired) electrons. The van der Waals surface area contributed by atoms with Crippen LogP contribution in [0.2, 0.25) is 0 Å². The lowest BCUT2D eigenvalue weighted by Gasteiger charge is -2.00. The van der Waals surface area contributed by atoms with E-state index in [4.69, 9.17) is 0 Å². The first-order valence-electron chi connectivity index (χ1n) is 6.21. The summed E-state index contributed by atoms with van der Waals surface area (Å²) >= 11 is 0. The summed E-state index contributed by atoms with van der Waals surface area (Å²) in [5.41, 5.74) is 4.45. The first-order chi connectivity index (χ1) is 10.1. The van der Waals surface area contributed by atoms with Gasteiger partial charge >= 0.3 is 0 Å². The van der Waals surface area contributed by atoms with Crippen molar-refractivity contribution in [3.05, 3.63) is 75.3 Å². The number of non-ortho nitro benzene ring substituents is 1. The molecule has 0 saturated heterocycles. The number of hydrogen-bond acceptors (Lipinski definition) is 4. The van der Waals surface area contributed by atoms with Gasteiger partial charge in [0.1, 0.15) is 0 Å². The maximum atomic E-state index is 11.8. The van der Waals surface area contributed by atoms with Gasteiger partial charge in [0, 0.05) is 23.3 Å². The number of aryl methyl sites for hydroxylation is 1. The molecule has 0 bridgehead atoms. The summed E-state index contributed by atoms with van der Waals surface area (Å²) in [6.07, 6.45) is 1.36. The van der Waals surface area contributed by atoms with Gasteiger partial charge in [0.25, 0.3) is 11.6 Å². The second-order valence-corrected chi connectivity index (χ2v) is 4.42. The summed E-state index contributed by atoms with van der Waals surface area (Å²) < 4.78 is 0. The Morgan fingerprint density at radius 3 is 2.62 bits per heavy atom. The van der Waals surface area contributed by atoms with E-state index in [9.17, 15) is 14.9 Å². The average Bonchev–Trinajstić information content (AvgIpc) is 2.48. The Morgan fingerprint density at radius 1 is 1.24 bits per heavy atom. The van der Waals surface area contributed by atoms with E-state index in [1.54, 1.807) is 24.3 Å². The quantitative estimate of drug-likeness (QED) is 0.532. The van der Waals surface area contributed by atoms with Crippen LogP contribution in [-0.2, 0) is 0 Å². The van der Waals surface area contributed by atoms with Gasteiger partial charge in [0.05, 0.1) is 11.1 Å². The molecule has 0 heterocycles. The summed E-state index contributed by atoms with van der Waals surface area (Å²) in [4.78, 5) is 21.9. The highest BCUT2D eigenvalue weighted by Gasteiger charge is 2.05. The molecule has 1 N–H and O–H groups in total. The SMILES string of the molecule is Cc1ccc(C(=O)N/N=C\c2cccc([N+](=O)[O-])c2)cc1. The number of nitro benzene ring substituents is 1. The fraction of sp³-hybridized carbons (Fsp3) is 0.0667. The standard InChI is InChI=1S/C15H13N3O3/c1-11-5-7-13(8-6-11)15(19)17-16-10-12-3-2-4-14(9-12)18(20)21/h2-10H,1H3,(H,17,19)/b16-10-. The van der Waals surface area contributed by atoms with E-state index in [1.165, 1.54) is 18.3 Å². The van der Waals surface area contributed by atoms with Gasteiger partial charge in [0.2, 0.25) is 0 Å². The number of rotatable bonds is 4. The molecule has 0 spiro atoms. The number of amides is 1. The number of nitro groups is 1. The predicted molar refractivity (Wildman–Crippen MR) is 79.3 cm³/mol. The van der Waals surface area contributed by atoms with Crippen molar-refractivity contribution in [1.82, 2.24) is 5.43 Å². The maximum absolute atomic E-state index is 11.8. The lowest BCUT2D eigenvalue weighted by molar-refractivity contribution is -0.384. The molecule has 0 aliphatic heterocycles. The fourth-order valence-electron chi connectivity index (χ4n) is 1.65. The van der Waals surface area contributed by atoms with E-state index in [0.717, 1.165) is 5.56 Å². The second kappa shape index (κ2) is 6.42. The Bertz CT molecular complexity index is 694. The number of carbonyl (C=O) groups excluding carboxylic acids is 1. The zero-order valence-corrected chi connectivity index (χ0v) is 11.3. The van der Waals surface area contributed by atoms with E-state index in [1.807, 2.05) is 19.1 Å². The van der Waals surface area contributed by atoms with Gasteiger partial charge in [-0.05, 0) is 19.1 Å². The molecule has 2 aromatic carbocycles. The minimum absolute atomic E-state index is 0.0242. The molecule has 0 aliphatic rings. The first-order valence-corrected chi connectivity index (χ1v) is 6.21. The monoisotopic (exact) mass is 283 g/mol. The highest BCUT2D eigenvalue weighted by atomic mass is 16.6. The van der Waals surface area contributed by atoms with E-state index < -0.39 is 4.92 Å². The molecule has 0 fully saturated rings. The van der Waals surface area contributed by atoms with Crippen molar-refractivity contribution in [2.24, 2.45) is 5.10 Å². The van der Waals surface area contributed by atoms with Crippen LogP contribution in [0, 0.1) is 17.0 Å². The third-order valence-corrected chi connectivity index (χ3v) is 2.77. The van der Waals surface area contributed by atoms with Crippen LogP contribution < -0.4 is 5.43 Å². The van der Waals surface area contributed by atoms with Crippen molar-refractivity contribution >= 4 is 17.8 Å². The van der Waals surface area contributed by atoms with Crippen molar-refractivity contribution in [2.75, 3.05) is 0 Å². The molecule has 6 nitrogen and oxygen atoms in total. The molecule has 0 saturated carbocycles. The number of hydrazone groups is 1. The number of benzene rings is 2. The minimum atomic E-state index is -0.484. The Labute approximate surface area is 121 Å². The predicted octanol–water partition coefficient (Wildman–Crippen LogP) is 2.67. The van der Waals surface area contributed by atoms with Crippen LogP contribution in [0.15, 0.2) is 53.6 Å². The molecule has 2 aromatic rings. The molecule has 1 amide bonds. The number of nitrogens with zero attached hydrogens (tertiary/aromatic N) is 2. The minimum Gasteiger partial charge on any atom is -0.267 e. The molecule has 0 atom stereocenters. The van der Waals surface area contributed by atoms with Crippen LogP contribution in [-0.4, -0.2) is 17.0 Å². The first kappa shape index (κ1) is 14.4. The van der Waals surface area contributed by atoms with E-state index >= 15 is 0 Å². The zero-order chi connectivity index (χ0) is 15.2. The summed E-state index contributed by atoms with van der Waals surface area (Å²) in [6, 6.07) is 13.1. The third-order valence-electron chi connectivity index (χ3n) is 2.77. The molecular weight excluding hydrogens is 270 g/mol. The van der Waals surface area contributed by atoms with Crippen LogP contribution in [0.4, 0.5) is 5.69 Å². The lowest BCUT2D eigenvalue weighted by atomic mass is 10.1. The summed E-state index contributed by atoms with van der Waals surface area (Å²) in [5.74, 6) is -0.336. The van der Waals surface area contributed by atoms with Gasteiger partial charge in [-0.3, -0.25) is 14.9 Å². The molecular formula is C15H13N3O3. The highest BCUT2D eigenvalue weighted by Crippen LogP contribution is 2.11. The number of hydrogen-bond donors (Lipinski definition) is 1. The maximum Gasteiger partial charge on any atom is 0.271 e. The van der Waals surface area contributed by atoms with Gasteiger partial charge in [-0.25, -0.2) is 5.43 Å². The van der Waals surface area contributed by atoms with Crippen LogP contribution in [0.1, 0.15) is 21.5 Å². The van der Waals surface area contributed by atoms with Crippen molar-refractivity contribution in [2.45, 2.75) is 6.92 Å². The van der Waals surface area contributed by atoms with E-state index in [0.29, 0.717) is 11.1 Å². The molecule has 0 unspecified atom stereocenters. The Kier molecular flexibility index (Phi) is 4.40. The molecule has 21 heavy (non-hydrogen) atoms. The highest BCUT2D eigenvalue weighted by molar-refractivity contribution is 5.94. The van der Waals surface area contributed by atoms with Crippen molar-refractivity contribution in [3.8, 4) is 0 Å². The third kappa shape index (κ3) is 3.97. The van der Waals surface area contributed by atoms with Crippen LogP contribution >= 0.6 is 0 Å². The molecule has 0 aromatic heterocycles. The zero-order valence-electron chi connectivity index (χ0n) is 11.3. The van der Waals surface area contributed by atoms with E-state index in [-0.39, 0.29) is 11.6 Å². The Balaban J connectivity index is 2.02. The number of nitrogens with one attached hydrogen (secondary N) is 1. The molecule has 106 valence electrons. The van der Waals surface area contributed by atoms with Crippen LogP contribution in [0.25, 0.3) is 0 Å². The lowest BCUT2D eigenvalue weighted by Crippen LogP contribution is -2.17. The number of carbonyl (C=O) groups is 1. The second-order valence-electron chi connectivity index (χ2n) is 4.42. The average molecular weight is 283 g/mol. The largest absolute Gasteiger partial charge is 0.271 e. The van der Waals surface area contributed by atoms with Crippen LogP contribution in [0.5, 0.6) is 0 Å². The van der Waals surface area contributed by atoms with E-state index in [2.05, 4.69) is 10.5 Å². The Hall–Kier alpha value is -3.02. The van der Waals surface area contributed by atoms with Gasteiger partial charge in [-0.1, -0.05) is 29.8 Å². The summed E-state index contributed by atoms with van der Waals surface area (Å²) in [5, 5.41) is 14.4. The Morgan fingerprint density at radius 2 is 1.95 bits per heavy atom. The van der Waals surface area contributed by atoms with Gasteiger partial charge in [0.15, 0.2) is 0 Å². The normalized spacial score (nSPS) is 10.5. The topological polar surface area (TPSA) is 84.6 Å². The molecule has 6 heteroatoms. The van der Waals surface area contributed by atoms with Gasteiger partial charge in [-0.2, -0.15) is 5.10 Å². The summed E-state index contributed by atoms with van der Waals surface area (Å²) in [7, 11) is 0. The van der Waals surface area contributed by atoms with Gasteiger partial charge in [-0.15, -0.1) is 0 Å². The van der Waals surface area contributed by atoms with Gasteiger partial charge < -0.3 is 0 Å². The van der Waals surface area contributed by atoms with Crippen LogP contribution in [0.3, 0.4) is 0 Å². The van der Waals surface area contributed by atoms with Crippen molar-refractivity contribution in [1.29, 1.82) is 0 Å². The summed E-state index contributed by atoms with van der Waals surface area (Å²) in [6.45, 7) is 1.93.